The van der Waals surface area contributed by atoms with E-state index in [1.54, 1.807) is 35.0 Å². The normalized spacial score (nSPS) is 10.8. The average Bonchev–Trinajstić information content (AvgIpc) is 2.85. The van der Waals surface area contributed by atoms with Crippen molar-refractivity contribution in [2.45, 2.75) is 33.2 Å². The van der Waals surface area contributed by atoms with Crippen molar-refractivity contribution in [1.82, 2.24) is 9.78 Å². The average molecular weight is 343 g/mol. The highest BCUT2D eigenvalue weighted by atomic mass is 35.5. The lowest BCUT2D eigenvalue weighted by atomic mass is 10.2. The minimum Gasteiger partial charge on any atom is -0.322 e. The Morgan fingerprint density at radius 3 is 3.00 bits per heavy atom. The number of carbonyl (C=O) groups is 1. The molecule has 0 atom stereocenters. The van der Waals surface area contributed by atoms with Gasteiger partial charge >= 0.3 is 0 Å². The molecule has 1 aromatic carbocycles. The molecule has 124 valence electrons. The van der Waals surface area contributed by atoms with Gasteiger partial charge in [-0.15, -0.1) is 0 Å². The molecule has 24 heavy (non-hydrogen) atoms. The number of amides is 1. The number of nitrogens with one attached hydrogen (secondary N) is 1. The quantitative estimate of drug-likeness (QED) is 0.801. The van der Waals surface area contributed by atoms with Crippen molar-refractivity contribution in [3.05, 3.63) is 52.3 Å². The molecule has 1 N–H and O–H groups in total. The van der Waals surface area contributed by atoms with Crippen molar-refractivity contribution in [2.24, 2.45) is 0 Å². The summed E-state index contributed by atoms with van der Waals surface area (Å²) in [5.74, 6) is -0.290. The van der Waals surface area contributed by atoms with E-state index in [2.05, 4.69) is 17.3 Å². The molecule has 0 spiro atoms. The highest BCUT2D eigenvalue weighted by molar-refractivity contribution is 6.31. The molecule has 0 aliphatic heterocycles. The summed E-state index contributed by atoms with van der Waals surface area (Å²) >= 11 is 6.33. The Bertz CT molecular complexity index is 802. The molecule has 0 aliphatic carbocycles. The van der Waals surface area contributed by atoms with Gasteiger partial charge in [-0.1, -0.05) is 31.0 Å². The van der Waals surface area contributed by atoms with E-state index >= 15 is 0 Å². The van der Waals surface area contributed by atoms with Gasteiger partial charge in [-0.3, -0.25) is 9.48 Å². The van der Waals surface area contributed by atoms with Crippen LogP contribution < -0.4 is 5.32 Å². The van der Waals surface area contributed by atoms with E-state index in [0.29, 0.717) is 16.4 Å². The van der Waals surface area contributed by atoms with Gasteiger partial charge in [-0.25, -0.2) is 0 Å². The Balaban J connectivity index is 2.08. The number of nitrogens with zero attached hydrogens (tertiary/aromatic N) is 3. The monoisotopic (exact) mass is 342 g/mol. The van der Waals surface area contributed by atoms with Gasteiger partial charge < -0.3 is 5.32 Å². The van der Waals surface area contributed by atoms with Gasteiger partial charge in [0.1, 0.15) is 5.15 Å². The van der Waals surface area contributed by atoms with Crippen LogP contribution >= 0.6 is 11.6 Å². The molecule has 2 rings (SSSR count). The molecular weight excluding hydrogens is 324 g/mol. The first-order valence-electron chi connectivity index (χ1n) is 7.77. The lowest BCUT2D eigenvalue weighted by Crippen LogP contribution is -2.07. The topological polar surface area (TPSA) is 70.7 Å². The standard InChI is InChI=1S/C18H19ClN4O/c1-3-4-10-23-18(19)16(13(2)22-23)8-9-17(24)21-15-7-5-6-14(11-15)12-20/h5-9,11H,3-4,10H2,1-2H3,(H,21,24)/b9-8+. The first-order valence-corrected chi connectivity index (χ1v) is 8.15. The summed E-state index contributed by atoms with van der Waals surface area (Å²) in [5, 5.41) is 16.5. The van der Waals surface area contributed by atoms with E-state index in [4.69, 9.17) is 16.9 Å². The molecule has 2 aromatic rings. The SMILES string of the molecule is CCCCn1nc(C)c(/C=C/C(=O)Nc2cccc(C#N)c2)c1Cl. The number of anilines is 1. The van der Waals surface area contributed by atoms with E-state index in [-0.39, 0.29) is 5.91 Å². The van der Waals surface area contributed by atoms with Crippen molar-refractivity contribution < 1.29 is 4.79 Å². The number of rotatable bonds is 6. The third kappa shape index (κ3) is 4.46. The first kappa shape index (κ1) is 17.8. The zero-order valence-electron chi connectivity index (χ0n) is 13.7. The van der Waals surface area contributed by atoms with Crippen LogP contribution in [-0.2, 0) is 11.3 Å². The van der Waals surface area contributed by atoms with Crippen LogP contribution in [0, 0.1) is 18.3 Å². The van der Waals surface area contributed by atoms with E-state index < -0.39 is 0 Å². The molecule has 0 radical (unpaired) electrons. The Kier molecular flexibility index (Phi) is 6.16. The summed E-state index contributed by atoms with van der Waals surface area (Å²) in [6.07, 6.45) is 5.14. The number of benzene rings is 1. The van der Waals surface area contributed by atoms with Crippen LogP contribution in [0.1, 0.15) is 36.6 Å². The summed E-state index contributed by atoms with van der Waals surface area (Å²) in [4.78, 5) is 12.0. The van der Waals surface area contributed by atoms with Crippen LogP contribution in [0.3, 0.4) is 0 Å². The minimum atomic E-state index is -0.290. The summed E-state index contributed by atoms with van der Waals surface area (Å²) in [6.45, 7) is 4.73. The van der Waals surface area contributed by atoms with E-state index in [1.165, 1.54) is 6.08 Å². The number of carbonyl (C=O) groups excluding carboxylic acids is 1. The van der Waals surface area contributed by atoms with E-state index in [1.807, 2.05) is 13.0 Å². The van der Waals surface area contributed by atoms with E-state index in [9.17, 15) is 4.79 Å². The lowest BCUT2D eigenvalue weighted by Gasteiger charge is -2.02. The number of aryl methyl sites for hydroxylation is 2. The predicted molar refractivity (Wildman–Crippen MR) is 95.7 cm³/mol. The first-order chi connectivity index (χ1) is 11.5. The third-order valence-corrected chi connectivity index (χ3v) is 3.89. The maximum atomic E-state index is 12.0. The second-order valence-electron chi connectivity index (χ2n) is 5.38. The Hall–Kier alpha value is -2.58. The summed E-state index contributed by atoms with van der Waals surface area (Å²) in [5.41, 5.74) is 2.60. The van der Waals surface area contributed by atoms with E-state index in [0.717, 1.165) is 30.6 Å². The third-order valence-electron chi connectivity index (χ3n) is 3.49. The molecular formula is C18H19ClN4O. The smallest absolute Gasteiger partial charge is 0.248 e. The highest BCUT2D eigenvalue weighted by Crippen LogP contribution is 2.22. The molecule has 1 amide bonds. The Morgan fingerprint density at radius 1 is 1.50 bits per heavy atom. The highest BCUT2D eigenvalue weighted by Gasteiger charge is 2.11. The second kappa shape index (κ2) is 8.32. The molecule has 0 fully saturated rings. The minimum absolute atomic E-state index is 0.290. The second-order valence-corrected chi connectivity index (χ2v) is 5.74. The lowest BCUT2D eigenvalue weighted by molar-refractivity contribution is -0.111. The number of unbranched alkanes of at least 4 members (excludes halogenated alkanes) is 1. The van der Waals surface area contributed by atoms with Gasteiger partial charge in [-0.2, -0.15) is 10.4 Å². The Labute approximate surface area is 146 Å². The molecule has 0 unspecified atom stereocenters. The fourth-order valence-corrected chi connectivity index (χ4v) is 2.54. The van der Waals surface area contributed by atoms with Gasteiger partial charge in [0.05, 0.1) is 17.3 Å². The van der Waals surface area contributed by atoms with Gasteiger partial charge in [0.15, 0.2) is 0 Å². The molecule has 1 heterocycles. The molecule has 1 aromatic heterocycles. The zero-order valence-corrected chi connectivity index (χ0v) is 14.5. The molecule has 0 bridgehead atoms. The fraction of sp³-hybridized carbons (Fsp3) is 0.278. The van der Waals surface area contributed by atoms with Crippen LogP contribution in [0.25, 0.3) is 6.08 Å². The van der Waals surface area contributed by atoms with Gasteiger partial charge in [0.2, 0.25) is 5.91 Å². The van der Waals surface area contributed by atoms with Crippen LogP contribution in [0.4, 0.5) is 5.69 Å². The van der Waals surface area contributed by atoms with Crippen molar-refractivity contribution in [3.8, 4) is 6.07 Å². The summed E-state index contributed by atoms with van der Waals surface area (Å²) in [6, 6.07) is 8.78. The van der Waals surface area contributed by atoms with Crippen molar-refractivity contribution >= 4 is 29.3 Å². The summed E-state index contributed by atoms with van der Waals surface area (Å²) < 4.78 is 1.76. The van der Waals surface area contributed by atoms with Crippen molar-refractivity contribution in [3.63, 3.8) is 0 Å². The number of aromatic nitrogens is 2. The van der Waals surface area contributed by atoms with Gasteiger partial charge in [0.25, 0.3) is 0 Å². The molecule has 0 saturated heterocycles. The van der Waals surface area contributed by atoms with Crippen molar-refractivity contribution in [1.29, 1.82) is 5.26 Å². The molecule has 5 nitrogen and oxygen atoms in total. The van der Waals surface area contributed by atoms with Gasteiger partial charge in [0, 0.05) is 23.9 Å². The largest absolute Gasteiger partial charge is 0.322 e. The number of halogens is 1. The molecule has 0 aliphatic rings. The maximum absolute atomic E-state index is 12.0. The zero-order chi connectivity index (χ0) is 17.5. The number of hydrogen-bond acceptors (Lipinski definition) is 3. The maximum Gasteiger partial charge on any atom is 0.248 e. The van der Waals surface area contributed by atoms with Crippen LogP contribution in [0.5, 0.6) is 0 Å². The van der Waals surface area contributed by atoms with Crippen LogP contribution in [0.15, 0.2) is 30.3 Å². The van der Waals surface area contributed by atoms with Crippen LogP contribution in [0.2, 0.25) is 5.15 Å². The fourth-order valence-electron chi connectivity index (χ4n) is 2.22. The van der Waals surface area contributed by atoms with Crippen LogP contribution in [-0.4, -0.2) is 15.7 Å². The Morgan fingerprint density at radius 2 is 2.29 bits per heavy atom. The van der Waals surface area contributed by atoms with Crippen molar-refractivity contribution in [2.75, 3.05) is 5.32 Å². The van der Waals surface area contributed by atoms with Gasteiger partial charge in [-0.05, 0) is 37.6 Å². The number of nitriles is 1. The predicted octanol–water partition coefficient (Wildman–Crippen LogP) is 4.17. The molecule has 6 heteroatoms. The summed E-state index contributed by atoms with van der Waals surface area (Å²) in [7, 11) is 0. The molecule has 0 saturated carbocycles. The number of hydrogen-bond donors (Lipinski definition) is 1.